The zero-order chi connectivity index (χ0) is 13.9. The molecule has 3 N–H and O–H groups in total. The Morgan fingerprint density at radius 1 is 1.50 bits per heavy atom. The summed E-state index contributed by atoms with van der Waals surface area (Å²) in [5.74, 6) is 0.241. The minimum atomic E-state index is 0.231. The van der Waals surface area contributed by atoms with Gasteiger partial charge in [0.15, 0.2) is 0 Å². The summed E-state index contributed by atoms with van der Waals surface area (Å²) in [6.45, 7) is 1.91. The molecule has 6 nitrogen and oxygen atoms in total. The summed E-state index contributed by atoms with van der Waals surface area (Å²) < 4.78 is 0. The molecule has 0 aromatic carbocycles. The number of allylic oxidation sites excluding steroid dienone is 2. The Bertz CT molecular complexity index is 638. The lowest BCUT2D eigenvalue weighted by atomic mass is 9.96. The Hall–Kier alpha value is -2.63. The van der Waals surface area contributed by atoms with Crippen LogP contribution in [0, 0.1) is 12.8 Å². The molecule has 0 saturated carbocycles. The highest BCUT2D eigenvalue weighted by molar-refractivity contribution is 5.82. The molecular formula is C14H15N5O. The lowest BCUT2D eigenvalue weighted by molar-refractivity contribution is -0.104. The molecule has 0 bridgehead atoms. The molecule has 0 radical (unpaired) electrons. The van der Waals surface area contributed by atoms with Crippen molar-refractivity contribution < 1.29 is 4.79 Å². The van der Waals surface area contributed by atoms with Gasteiger partial charge in [-0.15, -0.1) is 0 Å². The van der Waals surface area contributed by atoms with Crippen molar-refractivity contribution in [2.24, 2.45) is 11.0 Å². The fourth-order valence-corrected chi connectivity index (χ4v) is 2.31. The maximum atomic E-state index is 10.8. The largest absolute Gasteiger partial charge is 0.355 e. The number of H-pyrrole nitrogens is 1. The highest BCUT2D eigenvalue weighted by atomic mass is 16.1. The standard InChI is InChI=1S/C14H15N5O/c1-9-12(8-16-18-9)14(4-5-20)17-11-2-3-13-10(6-11)7-15-19-13/h2-8,10,13,17,19H,1H3,(H,16,18)/b14-4-. The predicted octanol–water partition coefficient (Wildman–Crippen LogP) is 0.875. The van der Waals surface area contributed by atoms with Gasteiger partial charge < -0.3 is 10.7 Å². The first-order valence-electron chi connectivity index (χ1n) is 6.39. The average Bonchev–Trinajstić information content (AvgIpc) is 3.06. The van der Waals surface area contributed by atoms with E-state index in [-0.39, 0.29) is 12.0 Å². The van der Waals surface area contributed by atoms with Gasteiger partial charge in [-0.05, 0) is 19.1 Å². The van der Waals surface area contributed by atoms with Crippen LogP contribution in [0.25, 0.3) is 5.70 Å². The Balaban J connectivity index is 1.83. The molecule has 2 unspecified atom stereocenters. The molecule has 0 saturated heterocycles. The van der Waals surface area contributed by atoms with E-state index in [9.17, 15) is 4.79 Å². The van der Waals surface area contributed by atoms with Gasteiger partial charge in [0.2, 0.25) is 0 Å². The molecule has 6 heteroatoms. The third-order valence-electron chi connectivity index (χ3n) is 3.37. The highest BCUT2D eigenvalue weighted by Crippen LogP contribution is 2.21. The van der Waals surface area contributed by atoms with Crippen LogP contribution in [-0.2, 0) is 4.79 Å². The maximum Gasteiger partial charge on any atom is 0.144 e. The Morgan fingerprint density at radius 2 is 2.40 bits per heavy atom. The van der Waals surface area contributed by atoms with Crippen molar-refractivity contribution in [3.05, 3.63) is 47.5 Å². The minimum absolute atomic E-state index is 0.231. The number of hydrogen-bond donors (Lipinski definition) is 3. The molecule has 1 aliphatic carbocycles. The van der Waals surface area contributed by atoms with Crippen LogP contribution in [0.3, 0.4) is 0 Å². The number of aromatic nitrogens is 2. The zero-order valence-electron chi connectivity index (χ0n) is 11.0. The van der Waals surface area contributed by atoms with Gasteiger partial charge in [-0.2, -0.15) is 10.2 Å². The van der Waals surface area contributed by atoms with E-state index < -0.39 is 0 Å². The number of aromatic amines is 1. The summed E-state index contributed by atoms with van der Waals surface area (Å²) in [4.78, 5) is 10.8. The number of hydrazone groups is 1. The van der Waals surface area contributed by atoms with E-state index in [4.69, 9.17) is 0 Å². The molecule has 3 rings (SSSR count). The van der Waals surface area contributed by atoms with Gasteiger partial charge in [0.1, 0.15) is 6.29 Å². The number of aldehydes is 1. The first-order valence-corrected chi connectivity index (χ1v) is 6.39. The molecule has 0 spiro atoms. The van der Waals surface area contributed by atoms with Crippen LogP contribution in [0.2, 0.25) is 0 Å². The van der Waals surface area contributed by atoms with Crippen LogP contribution >= 0.6 is 0 Å². The minimum Gasteiger partial charge on any atom is -0.355 e. The second-order valence-corrected chi connectivity index (χ2v) is 4.74. The summed E-state index contributed by atoms with van der Waals surface area (Å²) in [7, 11) is 0. The maximum absolute atomic E-state index is 10.8. The Kier molecular flexibility index (Phi) is 3.20. The molecule has 0 amide bonds. The van der Waals surface area contributed by atoms with Crippen molar-refractivity contribution in [1.82, 2.24) is 20.9 Å². The van der Waals surface area contributed by atoms with Crippen LogP contribution < -0.4 is 10.7 Å². The molecule has 2 heterocycles. The number of carbonyl (C=O) groups is 1. The van der Waals surface area contributed by atoms with Crippen LogP contribution in [0.15, 0.2) is 41.3 Å². The zero-order valence-corrected chi connectivity index (χ0v) is 11.0. The smallest absolute Gasteiger partial charge is 0.144 e. The van der Waals surface area contributed by atoms with Crippen molar-refractivity contribution in [3.8, 4) is 0 Å². The van der Waals surface area contributed by atoms with Gasteiger partial charge in [-0.3, -0.25) is 9.89 Å². The van der Waals surface area contributed by atoms with E-state index in [1.54, 1.807) is 6.20 Å². The molecule has 1 aromatic heterocycles. The van der Waals surface area contributed by atoms with Crippen molar-refractivity contribution in [1.29, 1.82) is 0 Å². The van der Waals surface area contributed by atoms with E-state index >= 15 is 0 Å². The number of nitrogens with zero attached hydrogens (tertiary/aromatic N) is 2. The van der Waals surface area contributed by atoms with Crippen LogP contribution in [0.4, 0.5) is 0 Å². The number of rotatable bonds is 4. The predicted molar refractivity (Wildman–Crippen MR) is 76.6 cm³/mol. The number of aryl methyl sites for hydroxylation is 1. The second kappa shape index (κ2) is 5.16. The van der Waals surface area contributed by atoms with E-state index in [0.29, 0.717) is 0 Å². The monoisotopic (exact) mass is 269 g/mol. The lowest BCUT2D eigenvalue weighted by Gasteiger charge is -2.19. The van der Waals surface area contributed by atoms with Gasteiger partial charge in [0.25, 0.3) is 0 Å². The van der Waals surface area contributed by atoms with Crippen molar-refractivity contribution in [2.45, 2.75) is 13.0 Å². The number of nitrogens with one attached hydrogen (secondary N) is 3. The van der Waals surface area contributed by atoms with Gasteiger partial charge in [-0.25, -0.2) is 0 Å². The molecule has 102 valence electrons. The third-order valence-corrected chi connectivity index (χ3v) is 3.37. The van der Waals surface area contributed by atoms with Gasteiger partial charge in [0, 0.05) is 35.2 Å². The fraction of sp³-hybridized carbons (Fsp3) is 0.214. The lowest BCUT2D eigenvalue weighted by Crippen LogP contribution is -2.28. The van der Waals surface area contributed by atoms with Crippen LogP contribution in [0.1, 0.15) is 11.3 Å². The number of carbonyl (C=O) groups excluding carboxylic acids is 1. The van der Waals surface area contributed by atoms with Crippen LogP contribution in [-0.4, -0.2) is 28.7 Å². The first kappa shape index (κ1) is 12.4. The summed E-state index contributed by atoms with van der Waals surface area (Å²) in [6.07, 6.45) is 12.0. The first-order chi connectivity index (χ1) is 9.78. The summed E-state index contributed by atoms with van der Waals surface area (Å²) in [5, 5.41) is 14.2. The van der Waals surface area contributed by atoms with Crippen molar-refractivity contribution in [2.75, 3.05) is 0 Å². The molecule has 2 aliphatic rings. The Labute approximate surface area is 116 Å². The quantitative estimate of drug-likeness (QED) is 0.559. The molecule has 0 fully saturated rings. The topological polar surface area (TPSA) is 82.2 Å². The summed E-state index contributed by atoms with van der Waals surface area (Å²) in [6, 6.07) is 0.231. The van der Waals surface area contributed by atoms with Crippen molar-refractivity contribution in [3.63, 3.8) is 0 Å². The van der Waals surface area contributed by atoms with Gasteiger partial charge in [-0.1, -0.05) is 6.08 Å². The van der Waals surface area contributed by atoms with Gasteiger partial charge in [0.05, 0.1) is 17.9 Å². The second-order valence-electron chi connectivity index (χ2n) is 4.74. The SMILES string of the molecule is Cc1[nH]ncc1/C(=C/C=O)NC1=CC2C=NNC2C=C1. The summed E-state index contributed by atoms with van der Waals surface area (Å²) in [5.41, 5.74) is 6.48. The highest BCUT2D eigenvalue weighted by Gasteiger charge is 2.23. The molecule has 2 atom stereocenters. The summed E-state index contributed by atoms with van der Waals surface area (Å²) >= 11 is 0. The molecular weight excluding hydrogens is 254 g/mol. The van der Waals surface area contributed by atoms with E-state index in [1.165, 1.54) is 6.08 Å². The molecule has 1 aromatic rings. The number of fused-ring (bicyclic) bond motifs is 1. The normalized spacial score (nSPS) is 24.1. The van der Waals surface area contributed by atoms with Crippen molar-refractivity contribution >= 4 is 18.2 Å². The van der Waals surface area contributed by atoms with Crippen LogP contribution in [0.5, 0.6) is 0 Å². The van der Waals surface area contributed by atoms with E-state index in [2.05, 4.69) is 38.2 Å². The molecule has 20 heavy (non-hydrogen) atoms. The third kappa shape index (κ3) is 2.27. The Morgan fingerprint density at radius 3 is 3.15 bits per heavy atom. The number of hydrogen-bond acceptors (Lipinski definition) is 5. The van der Waals surface area contributed by atoms with E-state index in [1.807, 2.05) is 19.2 Å². The van der Waals surface area contributed by atoms with Gasteiger partial charge >= 0.3 is 0 Å². The fourth-order valence-electron chi connectivity index (χ4n) is 2.31. The molecule has 1 aliphatic heterocycles. The van der Waals surface area contributed by atoms with E-state index in [0.717, 1.165) is 28.9 Å². The average molecular weight is 269 g/mol.